The maximum Gasteiger partial charge on any atom is 0.362 e. The lowest BCUT2D eigenvalue weighted by Crippen LogP contribution is -2.26. The fourth-order valence-corrected chi connectivity index (χ4v) is 2.03. The predicted octanol–water partition coefficient (Wildman–Crippen LogP) is 2.28. The summed E-state index contributed by atoms with van der Waals surface area (Å²) in [5, 5.41) is 4.14. The van der Waals surface area contributed by atoms with Crippen molar-refractivity contribution in [2.45, 2.75) is 27.2 Å². The van der Waals surface area contributed by atoms with Crippen molar-refractivity contribution in [2.24, 2.45) is 0 Å². The van der Waals surface area contributed by atoms with Crippen molar-refractivity contribution in [1.29, 1.82) is 0 Å². The molecule has 21 heavy (non-hydrogen) atoms. The standard InChI is InChI=1S/C16H18N2O3/c1-4-12-10-18(13-8-6-7-11(3)9-13)17-14(15(12)19)16(20)21-5-2/h6-10H,4-5H2,1-3H3. The molecular weight excluding hydrogens is 268 g/mol. The third-order valence-electron chi connectivity index (χ3n) is 3.11. The van der Waals surface area contributed by atoms with Crippen LogP contribution in [0.5, 0.6) is 0 Å². The number of ether oxygens (including phenoxy) is 1. The molecule has 2 aromatic rings. The number of carbonyl (C=O) groups excluding carboxylic acids is 1. The van der Waals surface area contributed by atoms with E-state index < -0.39 is 5.97 Å². The summed E-state index contributed by atoms with van der Waals surface area (Å²) in [4.78, 5) is 24.1. The minimum atomic E-state index is -0.681. The fourth-order valence-electron chi connectivity index (χ4n) is 2.03. The van der Waals surface area contributed by atoms with Gasteiger partial charge in [-0.1, -0.05) is 19.1 Å². The van der Waals surface area contributed by atoms with Crippen LogP contribution in [0, 0.1) is 6.92 Å². The fraction of sp³-hybridized carbons (Fsp3) is 0.312. The van der Waals surface area contributed by atoms with Crippen LogP contribution >= 0.6 is 0 Å². The zero-order valence-corrected chi connectivity index (χ0v) is 12.4. The van der Waals surface area contributed by atoms with Gasteiger partial charge in [-0.15, -0.1) is 0 Å². The van der Waals surface area contributed by atoms with E-state index >= 15 is 0 Å². The Morgan fingerprint density at radius 2 is 2.10 bits per heavy atom. The number of carbonyl (C=O) groups is 1. The average Bonchev–Trinajstić information content (AvgIpc) is 2.47. The van der Waals surface area contributed by atoms with Crippen LogP contribution in [0.25, 0.3) is 5.69 Å². The van der Waals surface area contributed by atoms with Crippen LogP contribution in [0.3, 0.4) is 0 Å². The Morgan fingerprint density at radius 3 is 2.71 bits per heavy atom. The first kappa shape index (κ1) is 15.0. The zero-order valence-electron chi connectivity index (χ0n) is 12.4. The number of aryl methyl sites for hydroxylation is 2. The van der Waals surface area contributed by atoms with Gasteiger partial charge in [-0.25, -0.2) is 9.48 Å². The van der Waals surface area contributed by atoms with Gasteiger partial charge in [-0.2, -0.15) is 5.10 Å². The van der Waals surface area contributed by atoms with Gasteiger partial charge >= 0.3 is 5.97 Å². The number of hydrogen-bond donors (Lipinski definition) is 0. The Bertz CT molecular complexity index is 720. The minimum absolute atomic E-state index is 0.169. The van der Waals surface area contributed by atoms with Crippen LogP contribution in [0.2, 0.25) is 0 Å². The van der Waals surface area contributed by atoms with Crippen LogP contribution in [-0.2, 0) is 11.2 Å². The molecule has 0 aliphatic rings. The largest absolute Gasteiger partial charge is 0.461 e. The lowest BCUT2D eigenvalue weighted by molar-refractivity contribution is 0.0515. The molecule has 0 fully saturated rings. The lowest BCUT2D eigenvalue weighted by atomic mass is 10.2. The molecule has 0 unspecified atom stereocenters. The number of rotatable bonds is 4. The number of aromatic nitrogens is 2. The van der Waals surface area contributed by atoms with Crippen LogP contribution in [0.4, 0.5) is 0 Å². The normalized spacial score (nSPS) is 10.4. The molecule has 0 saturated heterocycles. The van der Waals surface area contributed by atoms with E-state index in [1.807, 2.05) is 38.1 Å². The predicted molar refractivity (Wildman–Crippen MR) is 79.9 cm³/mol. The van der Waals surface area contributed by atoms with Crippen molar-refractivity contribution in [2.75, 3.05) is 6.61 Å². The Morgan fingerprint density at radius 1 is 1.33 bits per heavy atom. The smallest absolute Gasteiger partial charge is 0.362 e. The second kappa shape index (κ2) is 6.35. The molecular formula is C16H18N2O3. The molecule has 0 radical (unpaired) electrons. The van der Waals surface area contributed by atoms with E-state index in [9.17, 15) is 9.59 Å². The molecule has 0 atom stereocenters. The van der Waals surface area contributed by atoms with Gasteiger partial charge in [0, 0.05) is 11.8 Å². The van der Waals surface area contributed by atoms with Crippen molar-refractivity contribution in [3.8, 4) is 5.69 Å². The van der Waals surface area contributed by atoms with E-state index in [4.69, 9.17) is 4.74 Å². The molecule has 0 aliphatic carbocycles. The Hall–Kier alpha value is -2.43. The third-order valence-corrected chi connectivity index (χ3v) is 3.11. The van der Waals surface area contributed by atoms with Crippen molar-refractivity contribution in [3.63, 3.8) is 0 Å². The van der Waals surface area contributed by atoms with Crippen LogP contribution < -0.4 is 5.43 Å². The molecule has 1 heterocycles. The SMILES string of the molecule is CCOC(=O)c1nn(-c2cccc(C)c2)cc(CC)c1=O. The van der Waals surface area contributed by atoms with E-state index in [-0.39, 0.29) is 17.7 Å². The van der Waals surface area contributed by atoms with E-state index in [1.165, 1.54) is 0 Å². The Kier molecular flexibility index (Phi) is 4.52. The summed E-state index contributed by atoms with van der Waals surface area (Å²) >= 11 is 0. The molecule has 0 spiro atoms. The highest BCUT2D eigenvalue weighted by Gasteiger charge is 2.17. The second-order valence-electron chi connectivity index (χ2n) is 4.69. The summed E-state index contributed by atoms with van der Waals surface area (Å²) in [7, 11) is 0. The van der Waals surface area contributed by atoms with Crippen LogP contribution in [-0.4, -0.2) is 22.4 Å². The number of hydrogen-bond acceptors (Lipinski definition) is 4. The average molecular weight is 286 g/mol. The monoisotopic (exact) mass is 286 g/mol. The van der Waals surface area contributed by atoms with Crippen molar-refractivity contribution in [3.05, 3.63) is 57.5 Å². The van der Waals surface area contributed by atoms with Gasteiger partial charge in [-0.05, 0) is 38.0 Å². The molecule has 110 valence electrons. The topological polar surface area (TPSA) is 61.2 Å². The first-order valence-electron chi connectivity index (χ1n) is 6.93. The molecule has 5 heteroatoms. The highest BCUT2D eigenvalue weighted by molar-refractivity contribution is 5.87. The van der Waals surface area contributed by atoms with E-state index in [0.29, 0.717) is 12.0 Å². The summed E-state index contributed by atoms with van der Waals surface area (Å²) in [6, 6.07) is 7.68. The molecule has 2 rings (SSSR count). The van der Waals surface area contributed by atoms with E-state index in [0.717, 1.165) is 11.3 Å². The third kappa shape index (κ3) is 3.18. The summed E-state index contributed by atoms with van der Waals surface area (Å²) in [6.45, 7) is 5.74. The molecule has 0 N–H and O–H groups in total. The molecule has 0 aliphatic heterocycles. The summed E-state index contributed by atoms with van der Waals surface area (Å²) < 4.78 is 6.46. The zero-order chi connectivity index (χ0) is 15.4. The van der Waals surface area contributed by atoms with Gasteiger partial charge in [-0.3, -0.25) is 4.79 Å². The number of esters is 1. The van der Waals surface area contributed by atoms with E-state index in [2.05, 4.69) is 5.10 Å². The highest BCUT2D eigenvalue weighted by Crippen LogP contribution is 2.10. The molecule has 0 saturated carbocycles. The van der Waals surface area contributed by atoms with Crippen molar-refractivity contribution >= 4 is 5.97 Å². The number of benzene rings is 1. The first-order valence-corrected chi connectivity index (χ1v) is 6.93. The maximum atomic E-state index is 12.2. The second-order valence-corrected chi connectivity index (χ2v) is 4.69. The maximum absolute atomic E-state index is 12.2. The van der Waals surface area contributed by atoms with Gasteiger partial charge in [0.1, 0.15) is 0 Å². The van der Waals surface area contributed by atoms with E-state index in [1.54, 1.807) is 17.8 Å². The summed E-state index contributed by atoms with van der Waals surface area (Å²) in [5.74, 6) is -0.681. The van der Waals surface area contributed by atoms with Gasteiger partial charge in [0.25, 0.3) is 0 Å². The highest BCUT2D eigenvalue weighted by atomic mass is 16.5. The lowest BCUT2D eigenvalue weighted by Gasteiger charge is -2.10. The Balaban J connectivity index is 2.60. The van der Waals surface area contributed by atoms with Crippen molar-refractivity contribution < 1.29 is 9.53 Å². The summed E-state index contributed by atoms with van der Waals surface area (Å²) in [6.07, 6.45) is 2.19. The molecule has 1 aromatic heterocycles. The van der Waals surface area contributed by atoms with Gasteiger partial charge in [0.2, 0.25) is 11.1 Å². The quantitative estimate of drug-likeness (QED) is 0.809. The van der Waals surface area contributed by atoms with Gasteiger partial charge in [0.15, 0.2) is 0 Å². The molecule has 0 bridgehead atoms. The molecule has 1 aromatic carbocycles. The Labute approximate surface area is 123 Å². The van der Waals surface area contributed by atoms with Gasteiger partial charge < -0.3 is 4.74 Å². The first-order chi connectivity index (χ1) is 10.1. The molecule has 5 nitrogen and oxygen atoms in total. The van der Waals surface area contributed by atoms with Gasteiger partial charge in [0.05, 0.1) is 12.3 Å². The minimum Gasteiger partial charge on any atom is -0.461 e. The summed E-state index contributed by atoms with van der Waals surface area (Å²) in [5.41, 5.74) is 1.88. The van der Waals surface area contributed by atoms with Crippen molar-refractivity contribution in [1.82, 2.24) is 9.78 Å². The van der Waals surface area contributed by atoms with Crippen LogP contribution in [0.15, 0.2) is 35.3 Å². The van der Waals surface area contributed by atoms with Crippen LogP contribution in [0.1, 0.15) is 35.5 Å². The number of nitrogens with zero attached hydrogens (tertiary/aromatic N) is 2. The molecule has 0 amide bonds.